The Morgan fingerprint density at radius 3 is 2.46 bits per heavy atom. The minimum absolute atomic E-state index is 0.265. The van der Waals surface area contributed by atoms with Crippen LogP contribution in [0.25, 0.3) is 11.1 Å². The Labute approximate surface area is 137 Å². The van der Waals surface area contributed by atoms with E-state index in [0.29, 0.717) is 17.1 Å². The van der Waals surface area contributed by atoms with Gasteiger partial charge in [-0.05, 0) is 27.6 Å². The van der Waals surface area contributed by atoms with E-state index in [1.165, 1.54) is 18.3 Å². The molecule has 2 aromatic carbocycles. The molecule has 0 aliphatic rings. The van der Waals surface area contributed by atoms with E-state index < -0.39 is 4.92 Å². The third-order valence-electron chi connectivity index (χ3n) is 3.35. The second-order valence-electron chi connectivity index (χ2n) is 4.87. The predicted octanol–water partition coefficient (Wildman–Crippen LogP) is 4.32. The van der Waals surface area contributed by atoms with Crippen LogP contribution in [0.1, 0.15) is 5.56 Å². The van der Waals surface area contributed by atoms with E-state index in [1.807, 2.05) is 36.4 Å². The number of nitro groups is 1. The maximum absolute atomic E-state index is 10.7. The molecule has 0 fully saturated rings. The maximum atomic E-state index is 10.7. The van der Waals surface area contributed by atoms with Gasteiger partial charge in [0.2, 0.25) is 0 Å². The zero-order valence-electron chi connectivity index (χ0n) is 12.4. The molecule has 0 N–H and O–H groups in total. The third kappa shape index (κ3) is 3.05. The van der Waals surface area contributed by atoms with Crippen LogP contribution in [0.5, 0.6) is 11.5 Å². The standard InChI is InChI=1S/C18H11N3O3/c19-11-14-7-4-8-16(13-5-2-1-3-6-13)18(14)24-15-9-10-17(20-12-15)21(22)23/h1-10,12H. The molecular weight excluding hydrogens is 306 g/mol. The van der Waals surface area contributed by atoms with Gasteiger partial charge in [-0.15, -0.1) is 0 Å². The van der Waals surface area contributed by atoms with Crippen molar-refractivity contribution in [2.45, 2.75) is 0 Å². The molecule has 0 radical (unpaired) electrons. The van der Waals surface area contributed by atoms with Crippen LogP contribution in [0.2, 0.25) is 0 Å². The lowest BCUT2D eigenvalue weighted by Gasteiger charge is -2.12. The van der Waals surface area contributed by atoms with Gasteiger partial charge in [-0.2, -0.15) is 5.26 Å². The number of nitrogens with zero attached hydrogens (tertiary/aromatic N) is 3. The Balaban J connectivity index is 2.03. The first kappa shape index (κ1) is 15.2. The molecule has 0 saturated carbocycles. The molecule has 0 saturated heterocycles. The Morgan fingerprint density at radius 2 is 1.83 bits per heavy atom. The van der Waals surface area contributed by atoms with Crippen LogP contribution in [-0.4, -0.2) is 9.91 Å². The van der Waals surface area contributed by atoms with Crippen molar-refractivity contribution in [1.29, 1.82) is 5.26 Å². The minimum atomic E-state index is -0.581. The van der Waals surface area contributed by atoms with Gasteiger partial charge in [0.15, 0.2) is 17.7 Å². The zero-order chi connectivity index (χ0) is 16.9. The molecule has 0 amide bonds. The first-order chi connectivity index (χ1) is 11.7. The molecular formula is C18H11N3O3. The van der Waals surface area contributed by atoms with Crippen molar-refractivity contribution in [3.63, 3.8) is 0 Å². The topological polar surface area (TPSA) is 89.0 Å². The fourth-order valence-electron chi connectivity index (χ4n) is 2.24. The van der Waals surface area contributed by atoms with Gasteiger partial charge in [0, 0.05) is 11.6 Å². The molecule has 0 spiro atoms. The molecule has 3 rings (SSSR count). The highest BCUT2D eigenvalue weighted by Gasteiger charge is 2.14. The average molecular weight is 317 g/mol. The molecule has 6 heteroatoms. The predicted molar refractivity (Wildman–Crippen MR) is 87.6 cm³/mol. The van der Waals surface area contributed by atoms with Crippen LogP contribution in [0.3, 0.4) is 0 Å². The summed E-state index contributed by atoms with van der Waals surface area (Å²) in [6, 6.07) is 19.6. The van der Waals surface area contributed by atoms with E-state index in [9.17, 15) is 15.4 Å². The van der Waals surface area contributed by atoms with Gasteiger partial charge in [0.05, 0.1) is 5.56 Å². The number of pyridine rings is 1. The van der Waals surface area contributed by atoms with E-state index in [0.717, 1.165) is 11.1 Å². The third-order valence-corrected chi connectivity index (χ3v) is 3.35. The van der Waals surface area contributed by atoms with Gasteiger partial charge in [0.25, 0.3) is 0 Å². The number of aromatic nitrogens is 1. The van der Waals surface area contributed by atoms with Crippen molar-refractivity contribution in [2.75, 3.05) is 0 Å². The number of benzene rings is 2. The van der Waals surface area contributed by atoms with Crippen LogP contribution in [0.4, 0.5) is 5.82 Å². The first-order valence-electron chi connectivity index (χ1n) is 7.06. The van der Waals surface area contributed by atoms with Gasteiger partial charge >= 0.3 is 5.82 Å². The normalized spacial score (nSPS) is 9.96. The van der Waals surface area contributed by atoms with Crippen molar-refractivity contribution in [2.24, 2.45) is 0 Å². The van der Waals surface area contributed by atoms with Crippen LogP contribution >= 0.6 is 0 Å². The van der Waals surface area contributed by atoms with Crippen molar-refractivity contribution >= 4 is 5.82 Å². The summed E-state index contributed by atoms with van der Waals surface area (Å²) in [5, 5.41) is 20.0. The molecule has 0 atom stereocenters. The Hall–Kier alpha value is -3.72. The van der Waals surface area contributed by atoms with Crippen LogP contribution in [0, 0.1) is 21.4 Å². The van der Waals surface area contributed by atoms with Crippen LogP contribution < -0.4 is 4.74 Å². The smallest absolute Gasteiger partial charge is 0.363 e. The lowest BCUT2D eigenvalue weighted by Crippen LogP contribution is -1.95. The molecule has 3 aromatic rings. The van der Waals surface area contributed by atoms with E-state index in [4.69, 9.17) is 4.74 Å². The molecule has 6 nitrogen and oxygen atoms in total. The number of ether oxygens (including phenoxy) is 1. The Morgan fingerprint density at radius 1 is 1.04 bits per heavy atom. The summed E-state index contributed by atoms with van der Waals surface area (Å²) >= 11 is 0. The molecule has 1 aromatic heterocycles. The largest absolute Gasteiger partial charge is 0.451 e. The molecule has 0 aliphatic carbocycles. The summed E-state index contributed by atoms with van der Waals surface area (Å²) in [6.45, 7) is 0. The van der Waals surface area contributed by atoms with Gasteiger partial charge in [0.1, 0.15) is 6.07 Å². The minimum Gasteiger partial charge on any atom is -0.451 e. The SMILES string of the molecule is N#Cc1cccc(-c2ccccc2)c1Oc1ccc([N+](=O)[O-])nc1. The number of hydrogen-bond acceptors (Lipinski definition) is 5. The highest BCUT2D eigenvalue weighted by molar-refractivity contribution is 5.74. The number of hydrogen-bond donors (Lipinski definition) is 0. The van der Waals surface area contributed by atoms with Gasteiger partial charge in [-0.25, -0.2) is 0 Å². The number of rotatable bonds is 4. The maximum Gasteiger partial charge on any atom is 0.363 e. The number of para-hydroxylation sites is 1. The lowest BCUT2D eigenvalue weighted by molar-refractivity contribution is -0.389. The zero-order valence-corrected chi connectivity index (χ0v) is 12.4. The lowest BCUT2D eigenvalue weighted by atomic mass is 10.0. The first-order valence-corrected chi connectivity index (χ1v) is 7.06. The molecule has 116 valence electrons. The monoisotopic (exact) mass is 317 g/mol. The van der Waals surface area contributed by atoms with Gasteiger partial charge in [-0.3, -0.25) is 0 Å². The quantitative estimate of drug-likeness (QED) is 0.528. The van der Waals surface area contributed by atoms with E-state index in [-0.39, 0.29) is 5.82 Å². The van der Waals surface area contributed by atoms with Crippen molar-refractivity contribution in [3.8, 4) is 28.7 Å². The molecule has 0 aliphatic heterocycles. The van der Waals surface area contributed by atoms with Gasteiger partial charge < -0.3 is 14.9 Å². The molecule has 1 heterocycles. The molecule has 0 unspecified atom stereocenters. The summed E-state index contributed by atoms with van der Waals surface area (Å²) in [6.07, 6.45) is 1.26. The van der Waals surface area contributed by atoms with E-state index >= 15 is 0 Å². The Bertz CT molecular complexity index is 916. The highest BCUT2D eigenvalue weighted by Crippen LogP contribution is 2.36. The van der Waals surface area contributed by atoms with Crippen LogP contribution in [0.15, 0.2) is 66.9 Å². The van der Waals surface area contributed by atoms with Crippen molar-refractivity contribution < 1.29 is 9.66 Å². The summed E-state index contributed by atoms with van der Waals surface area (Å²) in [7, 11) is 0. The van der Waals surface area contributed by atoms with Crippen molar-refractivity contribution in [3.05, 3.63) is 82.5 Å². The van der Waals surface area contributed by atoms with E-state index in [2.05, 4.69) is 11.1 Å². The molecule has 24 heavy (non-hydrogen) atoms. The summed E-state index contributed by atoms with van der Waals surface area (Å²) < 4.78 is 5.81. The highest BCUT2D eigenvalue weighted by atomic mass is 16.6. The fraction of sp³-hybridized carbons (Fsp3) is 0. The molecule has 0 bridgehead atoms. The van der Waals surface area contributed by atoms with Gasteiger partial charge in [-0.1, -0.05) is 42.5 Å². The number of nitriles is 1. The summed E-state index contributed by atoms with van der Waals surface area (Å²) in [5.74, 6) is 0.446. The second-order valence-corrected chi connectivity index (χ2v) is 4.87. The van der Waals surface area contributed by atoms with E-state index in [1.54, 1.807) is 12.1 Å². The Kier molecular flexibility index (Phi) is 4.17. The summed E-state index contributed by atoms with van der Waals surface area (Å²) in [5.41, 5.74) is 2.03. The van der Waals surface area contributed by atoms with Crippen LogP contribution in [-0.2, 0) is 0 Å². The fourth-order valence-corrected chi connectivity index (χ4v) is 2.24. The van der Waals surface area contributed by atoms with Crippen molar-refractivity contribution in [1.82, 2.24) is 4.98 Å². The summed E-state index contributed by atoms with van der Waals surface area (Å²) in [4.78, 5) is 13.8. The second kappa shape index (κ2) is 6.58. The average Bonchev–Trinajstić information content (AvgIpc) is 2.63.